The maximum absolute atomic E-state index is 11.9. The van der Waals surface area contributed by atoms with Crippen molar-refractivity contribution < 1.29 is 14.3 Å². The molecule has 2 rings (SSSR count). The van der Waals surface area contributed by atoms with Crippen LogP contribution in [0.2, 0.25) is 0 Å². The van der Waals surface area contributed by atoms with Crippen LogP contribution in [0.3, 0.4) is 0 Å². The summed E-state index contributed by atoms with van der Waals surface area (Å²) in [4.78, 5) is 23.6. The van der Waals surface area contributed by atoms with Crippen molar-refractivity contribution in [1.82, 2.24) is 0 Å². The summed E-state index contributed by atoms with van der Waals surface area (Å²) in [5, 5.41) is 0. The van der Waals surface area contributed by atoms with Gasteiger partial charge in [-0.15, -0.1) is 0 Å². The molecular weight excluding hydrogens is 355 g/mol. The first-order valence-corrected chi connectivity index (χ1v) is 9.47. The van der Waals surface area contributed by atoms with E-state index in [1.54, 1.807) is 12.1 Å². The third-order valence-corrected chi connectivity index (χ3v) is 5.18. The van der Waals surface area contributed by atoms with E-state index in [0.29, 0.717) is 23.3 Å². The molecule has 0 amide bonds. The molecule has 4 heteroatoms. The summed E-state index contributed by atoms with van der Waals surface area (Å²) >= 11 is -0.0898. The summed E-state index contributed by atoms with van der Waals surface area (Å²) in [6.07, 6.45) is 3.47. The Bertz CT molecular complexity index is 556. The summed E-state index contributed by atoms with van der Waals surface area (Å²) < 4.78 is 6.66. The average Bonchev–Trinajstić information content (AvgIpc) is 2.56. The molecule has 2 aromatic carbocycles. The zero-order valence-corrected chi connectivity index (χ0v) is 14.7. The SMILES string of the molecule is O=C(CCCCCC(=O)[Se]c1ccccc1)Oc1ccccc1. The average molecular weight is 375 g/mol. The summed E-state index contributed by atoms with van der Waals surface area (Å²) in [5.41, 5.74) is 0. The van der Waals surface area contributed by atoms with E-state index < -0.39 is 0 Å². The van der Waals surface area contributed by atoms with Gasteiger partial charge in [0.05, 0.1) is 0 Å². The van der Waals surface area contributed by atoms with Crippen molar-refractivity contribution in [1.29, 1.82) is 0 Å². The predicted octanol–water partition coefficient (Wildman–Crippen LogP) is 3.10. The summed E-state index contributed by atoms with van der Waals surface area (Å²) in [6.45, 7) is 0. The fourth-order valence-corrected chi connectivity index (χ4v) is 3.74. The molecule has 0 radical (unpaired) electrons. The zero-order valence-electron chi connectivity index (χ0n) is 12.9. The third kappa shape index (κ3) is 7.27. The monoisotopic (exact) mass is 376 g/mol. The predicted molar refractivity (Wildman–Crippen MR) is 92.0 cm³/mol. The molecule has 0 aliphatic carbocycles. The van der Waals surface area contributed by atoms with Crippen molar-refractivity contribution in [2.75, 3.05) is 0 Å². The van der Waals surface area contributed by atoms with Crippen molar-refractivity contribution in [2.24, 2.45) is 0 Å². The van der Waals surface area contributed by atoms with Crippen molar-refractivity contribution in [3.05, 3.63) is 60.7 Å². The van der Waals surface area contributed by atoms with Gasteiger partial charge in [-0.2, -0.15) is 0 Å². The minimum atomic E-state index is -0.212. The Morgan fingerprint density at radius 3 is 2.09 bits per heavy atom. The van der Waals surface area contributed by atoms with Crippen LogP contribution >= 0.6 is 0 Å². The number of hydrogen-bond donors (Lipinski definition) is 0. The van der Waals surface area contributed by atoms with Crippen LogP contribution in [-0.4, -0.2) is 25.6 Å². The van der Waals surface area contributed by atoms with Crippen LogP contribution < -0.4 is 9.20 Å². The first kappa shape index (κ1) is 17.5. The number of carbonyl (C=O) groups excluding carboxylic acids is 2. The Morgan fingerprint density at radius 1 is 0.783 bits per heavy atom. The molecule has 2 aromatic rings. The molecule has 0 saturated carbocycles. The van der Waals surface area contributed by atoms with Crippen LogP contribution in [0.5, 0.6) is 5.75 Å². The maximum atomic E-state index is 11.9. The van der Waals surface area contributed by atoms with E-state index in [-0.39, 0.29) is 20.9 Å². The summed E-state index contributed by atoms with van der Waals surface area (Å²) in [6, 6.07) is 19.0. The van der Waals surface area contributed by atoms with Gasteiger partial charge in [0.15, 0.2) is 0 Å². The number of rotatable bonds is 9. The van der Waals surface area contributed by atoms with Crippen LogP contribution in [0.4, 0.5) is 0 Å². The third-order valence-electron chi connectivity index (χ3n) is 3.21. The Labute approximate surface area is 143 Å². The van der Waals surface area contributed by atoms with Crippen LogP contribution in [0.25, 0.3) is 0 Å². The number of carbonyl (C=O) groups is 2. The van der Waals surface area contributed by atoms with Gasteiger partial charge in [0.2, 0.25) is 0 Å². The van der Waals surface area contributed by atoms with Gasteiger partial charge in [0.1, 0.15) is 0 Å². The molecule has 0 bridgehead atoms. The quantitative estimate of drug-likeness (QED) is 0.293. The number of benzene rings is 2. The molecule has 0 aromatic heterocycles. The zero-order chi connectivity index (χ0) is 16.3. The fraction of sp³-hybridized carbons (Fsp3) is 0.263. The molecule has 0 spiro atoms. The standard InChI is InChI=1S/C19H20O3Se/c20-18(22-16-10-4-1-5-11-16)14-8-3-9-15-19(21)23-17-12-6-2-7-13-17/h1-2,4-7,10-13H,3,8-9,14-15H2. The van der Waals surface area contributed by atoms with E-state index in [9.17, 15) is 9.59 Å². The Balaban J connectivity index is 1.55. The van der Waals surface area contributed by atoms with Crippen LogP contribution in [0, 0.1) is 0 Å². The van der Waals surface area contributed by atoms with E-state index in [4.69, 9.17) is 4.74 Å². The molecule has 0 heterocycles. The van der Waals surface area contributed by atoms with Gasteiger partial charge in [-0.3, -0.25) is 0 Å². The molecule has 23 heavy (non-hydrogen) atoms. The molecule has 0 saturated heterocycles. The molecule has 0 atom stereocenters. The first-order valence-electron chi connectivity index (χ1n) is 7.75. The molecular formula is C19H20O3Se. The molecule has 0 fully saturated rings. The molecule has 0 aliphatic heterocycles. The summed E-state index contributed by atoms with van der Waals surface area (Å²) in [7, 11) is 0. The van der Waals surface area contributed by atoms with Crippen LogP contribution in [0.1, 0.15) is 32.1 Å². The van der Waals surface area contributed by atoms with Crippen molar-refractivity contribution in [3.63, 3.8) is 0 Å². The van der Waals surface area contributed by atoms with E-state index in [0.717, 1.165) is 23.7 Å². The van der Waals surface area contributed by atoms with Gasteiger partial charge in [-0.1, -0.05) is 0 Å². The van der Waals surface area contributed by atoms with E-state index >= 15 is 0 Å². The molecule has 0 aliphatic rings. The molecule has 3 nitrogen and oxygen atoms in total. The number of esters is 1. The molecule has 0 unspecified atom stereocenters. The van der Waals surface area contributed by atoms with Gasteiger partial charge in [0, 0.05) is 0 Å². The van der Waals surface area contributed by atoms with Gasteiger partial charge < -0.3 is 0 Å². The van der Waals surface area contributed by atoms with E-state index in [1.165, 1.54) is 0 Å². The van der Waals surface area contributed by atoms with Crippen molar-refractivity contribution in [3.8, 4) is 5.75 Å². The van der Waals surface area contributed by atoms with Gasteiger partial charge in [-0.05, 0) is 0 Å². The Kier molecular flexibility index (Phi) is 7.58. The first-order chi connectivity index (χ1) is 11.2. The van der Waals surface area contributed by atoms with Gasteiger partial charge in [-0.25, -0.2) is 0 Å². The van der Waals surface area contributed by atoms with E-state index in [1.807, 2.05) is 48.5 Å². The van der Waals surface area contributed by atoms with E-state index in [2.05, 4.69) is 0 Å². The Hall–Kier alpha value is -1.90. The molecule has 0 N–H and O–H groups in total. The normalized spacial score (nSPS) is 10.3. The fourth-order valence-electron chi connectivity index (χ4n) is 2.06. The van der Waals surface area contributed by atoms with Crippen molar-refractivity contribution in [2.45, 2.75) is 32.1 Å². The summed E-state index contributed by atoms with van der Waals surface area (Å²) in [5.74, 6) is 0.370. The molecule has 120 valence electrons. The van der Waals surface area contributed by atoms with Crippen LogP contribution in [0.15, 0.2) is 60.7 Å². The second kappa shape index (κ2) is 9.98. The Morgan fingerprint density at radius 2 is 1.39 bits per heavy atom. The number of hydrogen-bond acceptors (Lipinski definition) is 3. The second-order valence-electron chi connectivity index (χ2n) is 5.13. The minimum absolute atomic E-state index is 0.0898. The van der Waals surface area contributed by atoms with Gasteiger partial charge in [0.25, 0.3) is 0 Å². The number of para-hydroxylation sites is 1. The van der Waals surface area contributed by atoms with Crippen molar-refractivity contribution >= 4 is 30.1 Å². The topological polar surface area (TPSA) is 43.4 Å². The number of unbranched alkanes of at least 4 members (excludes halogenated alkanes) is 2. The number of ether oxygens (including phenoxy) is 1. The van der Waals surface area contributed by atoms with Gasteiger partial charge >= 0.3 is 143 Å². The second-order valence-corrected chi connectivity index (χ2v) is 7.51. The van der Waals surface area contributed by atoms with Crippen LogP contribution in [-0.2, 0) is 9.59 Å².